The summed E-state index contributed by atoms with van der Waals surface area (Å²) in [5, 5.41) is 5.97. The topological polar surface area (TPSA) is 78.7 Å². The number of nitrogens with one attached hydrogen (secondary N) is 2. The largest absolute Gasteiger partial charge is 0.352 e. The fraction of sp³-hybridized carbons (Fsp3) is 0.318. The second-order valence-electron chi connectivity index (χ2n) is 7.85. The van der Waals surface area contributed by atoms with Crippen molar-refractivity contribution in [2.24, 2.45) is 17.8 Å². The van der Waals surface area contributed by atoms with Gasteiger partial charge in [0.25, 0.3) is 5.91 Å². The smallest absolute Gasteiger partial charge is 0.321 e. The van der Waals surface area contributed by atoms with Crippen LogP contribution in [0.1, 0.15) is 16.8 Å². The van der Waals surface area contributed by atoms with Crippen molar-refractivity contribution in [3.05, 3.63) is 66.6 Å². The molecule has 2 N–H and O–H groups in total. The first-order valence-corrected chi connectivity index (χ1v) is 10.0. The molecule has 29 heavy (non-hydrogen) atoms. The summed E-state index contributed by atoms with van der Waals surface area (Å²) >= 11 is 0. The fourth-order valence-corrected chi connectivity index (χ4v) is 4.48. The standard InChI is InChI=1S/C22H23N5O2/c28-21(15-6-7-20-23-10-11-26(20)12-15)24-9-8-17-18-13-27(14-19(17)18)22(29)25-16-4-2-1-3-5-16/h1-7,10-12,17-19H,8-9,13-14H2,(H,24,28)(H,25,29). The Labute approximate surface area is 168 Å². The monoisotopic (exact) mass is 389 g/mol. The lowest BCUT2D eigenvalue weighted by Crippen LogP contribution is -2.35. The minimum Gasteiger partial charge on any atom is -0.352 e. The number of imidazole rings is 1. The number of carbonyl (C=O) groups excluding carboxylic acids is 2. The van der Waals surface area contributed by atoms with Gasteiger partial charge in [-0.15, -0.1) is 0 Å². The lowest BCUT2D eigenvalue weighted by molar-refractivity contribution is 0.0951. The van der Waals surface area contributed by atoms with Crippen LogP contribution in [0.15, 0.2) is 61.1 Å². The van der Waals surface area contributed by atoms with E-state index in [1.165, 1.54) is 0 Å². The zero-order valence-electron chi connectivity index (χ0n) is 16.0. The van der Waals surface area contributed by atoms with E-state index in [1.807, 2.05) is 51.9 Å². The molecule has 3 heterocycles. The van der Waals surface area contributed by atoms with Crippen molar-refractivity contribution in [3.63, 3.8) is 0 Å². The van der Waals surface area contributed by atoms with Crippen LogP contribution in [0.3, 0.4) is 0 Å². The summed E-state index contributed by atoms with van der Waals surface area (Å²) in [6.45, 7) is 2.27. The zero-order chi connectivity index (χ0) is 19.8. The maximum atomic E-state index is 12.4. The molecule has 1 saturated heterocycles. The number of anilines is 1. The average Bonchev–Trinajstić information content (AvgIpc) is 3.11. The molecular weight excluding hydrogens is 366 g/mol. The number of nitrogens with zero attached hydrogens (tertiary/aromatic N) is 3. The number of pyridine rings is 1. The van der Waals surface area contributed by atoms with Crippen LogP contribution in [0, 0.1) is 17.8 Å². The Morgan fingerprint density at radius 1 is 1.07 bits per heavy atom. The third-order valence-electron chi connectivity index (χ3n) is 6.10. The molecule has 2 atom stereocenters. The average molecular weight is 389 g/mol. The number of fused-ring (bicyclic) bond motifs is 2. The second-order valence-corrected chi connectivity index (χ2v) is 7.85. The van der Waals surface area contributed by atoms with Crippen LogP contribution in [0.5, 0.6) is 0 Å². The van der Waals surface area contributed by atoms with E-state index < -0.39 is 0 Å². The van der Waals surface area contributed by atoms with Crippen molar-refractivity contribution in [1.29, 1.82) is 0 Å². The molecule has 5 rings (SSSR count). The number of rotatable bonds is 5. The molecular formula is C22H23N5O2. The van der Waals surface area contributed by atoms with E-state index in [2.05, 4.69) is 15.6 Å². The summed E-state index contributed by atoms with van der Waals surface area (Å²) in [6, 6.07) is 13.2. The van der Waals surface area contributed by atoms with E-state index in [4.69, 9.17) is 0 Å². The molecule has 0 radical (unpaired) electrons. The van der Waals surface area contributed by atoms with Crippen LogP contribution < -0.4 is 10.6 Å². The van der Waals surface area contributed by atoms with E-state index in [9.17, 15) is 9.59 Å². The molecule has 1 aliphatic heterocycles. The first-order valence-electron chi connectivity index (χ1n) is 10.0. The molecule has 2 unspecified atom stereocenters. The zero-order valence-corrected chi connectivity index (χ0v) is 16.0. The molecule has 0 bridgehead atoms. The highest BCUT2D eigenvalue weighted by atomic mass is 16.2. The van der Waals surface area contributed by atoms with E-state index in [0.29, 0.717) is 29.9 Å². The third kappa shape index (κ3) is 3.55. The predicted molar refractivity (Wildman–Crippen MR) is 110 cm³/mol. The number of para-hydroxylation sites is 1. The number of aromatic nitrogens is 2. The van der Waals surface area contributed by atoms with Crippen LogP contribution >= 0.6 is 0 Å². The number of piperidine rings is 1. The Morgan fingerprint density at radius 2 is 1.86 bits per heavy atom. The summed E-state index contributed by atoms with van der Waals surface area (Å²) < 4.78 is 1.84. The van der Waals surface area contributed by atoms with Crippen molar-refractivity contribution < 1.29 is 9.59 Å². The van der Waals surface area contributed by atoms with Crippen molar-refractivity contribution in [3.8, 4) is 0 Å². The van der Waals surface area contributed by atoms with E-state index in [0.717, 1.165) is 30.8 Å². The normalized spacial score (nSPS) is 22.3. The van der Waals surface area contributed by atoms with Crippen molar-refractivity contribution in [2.75, 3.05) is 25.0 Å². The number of likely N-dealkylation sites (tertiary alicyclic amines) is 1. The quantitative estimate of drug-likeness (QED) is 0.704. The van der Waals surface area contributed by atoms with Gasteiger partial charge in [-0.3, -0.25) is 4.79 Å². The van der Waals surface area contributed by atoms with Gasteiger partial charge in [-0.2, -0.15) is 0 Å². The highest BCUT2D eigenvalue weighted by Crippen LogP contribution is 2.53. The molecule has 2 aliphatic rings. The summed E-state index contributed by atoms with van der Waals surface area (Å²) in [5.74, 6) is 1.67. The van der Waals surface area contributed by atoms with Gasteiger partial charge in [0, 0.05) is 43.9 Å². The van der Waals surface area contributed by atoms with Crippen molar-refractivity contribution in [2.45, 2.75) is 6.42 Å². The molecule has 2 fully saturated rings. The molecule has 0 spiro atoms. The molecule has 3 amide bonds. The highest BCUT2D eigenvalue weighted by molar-refractivity contribution is 5.94. The van der Waals surface area contributed by atoms with Gasteiger partial charge in [0.1, 0.15) is 5.65 Å². The van der Waals surface area contributed by atoms with Gasteiger partial charge in [-0.05, 0) is 48.4 Å². The SMILES string of the molecule is O=C(NCCC1C2CN(C(=O)Nc3ccccc3)CC12)c1ccc2nccn2c1. The summed E-state index contributed by atoms with van der Waals surface area (Å²) in [6.07, 6.45) is 6.30. The Kier molecular flexibility index (Phi) is 4.42. The molecule has 1 aliphatic carbocycles. The van der Waals surface area contributed by atoms with Gasteiger partial charge < -0.3 is 19.9 Å². The second kappa shape index (κ2) is 7.24. The Balaban J connectivity index is 1.06. The van der Waals surface area contributed by atoms with Crippen LogP contribution in [0.25, 0.3) is 5.65 Å². The molecule has 7 nitrogen and oxygen atoms in total. The van der Waals surface area contributed by atoms with E-state index in [1.54, 1.807) is 18.5 Å². The summed E-state index contributed by atoms with van der Waals surface area (Å²) in [5.41, 5.74) is 2.29. The Morgan fingerprint density at radius 3 is 2.66 bits per heavy atom. The fourth-order valence-electron chi connectivity index (χ4n) is 4.48. The minimum atomic E-state index is -0.0599. The minimum absolute atomic E-state index is 0.0228. The molecule has 3 aromatic rings. The molecule has 148 valence electrons. The van der Waals surface area contributed by atoms with Crippen molar-refractivity contribution >= 4 is 23.3 Å². The molecule has 7 heteroatoms. The summed E-state index contributed by atoms with van der Waals surface area (Å²) in [7, 11) is 0. The molecule has 1 saturated carbocycles. The van der Waals surface area contributed by atoms with Crippen LogP contribution in [-0.2, 0) is 0 Å². The molecule has 2 aromatic heterocycles. The highest BCUT2D eigenvalue weighted by Gasteiger charge is 2.55. The summed E-state index contributed by atoms with van der Waals surface area (Å²) in [4.78, 5) is 30.8. The number of hydrogen-bond acceptors (Lipinski definition) is 3. The number of benzene rings is 1. The number of amides is 3. The maximum Gasteiger partial charge on any atom is 0.321 e. The number of carbonyl (C=O) groups is 2. The first kappa shape index (κ1) is 17.7. The van der Waals surface area contributed by atoms with Crippen molar-refractivity contribution in [1.82, 2.24) is 19.6 Å². The van der Waals surface area contributed by atoms with Crippen LogP contribution in [0.4, 0.5) is 10.5 Å². The van der Waals surface area contributed by atoms with Gasteiger partial charge >= 0.3 is 6.03 Å². The van der Waals surface area contributed by atoms with E-state index >= 15 is 0 Å². The lowest BCUT2D eigenvalue weighted by Gasteiger charge is -2.20. The van der Waals surface area contributed by atoms with Crippen LogP contribution in [0.2, 0.25) is 0 Å². The lowest BCUT2D eigenvalue weighted by atomic mass is 10.2. The third-order valence-corrected chi connectivity index (χ3v) is 6.10. The number of urea groups is 1. The predicted octanol–water partition coefficient (Wildman–Crippen LogP) is 2.86. The van der Waals surface area contributed by atoms with Gasteiger partial charge in [0.15, 0.2) is 0 Å². The first-order chi connectivity index (χ1) is 14.2. The Bertz CT molecular complexity index is 1040. The van der Waals surface area contributed by atoms with Gasteiger partial charge in [0.05, 0.1) is 5.56 Å². The molecule has 1 aromatic carbocycles. The number of hydrogen-bond donors (Lipinski definition) is 2. The van der Waals surface area contributed by atoms with E-state index in [-0.39, 0.29) is 11.9 Å². The van der Waals surface area contributed by atoms with Gasteiger partial charge in [-0.25, -0.2) is 9.78 Å². The Hall–Kier alpha value is -3.35. The van der Waals surface area contributed by atoms with Gasteiger partial charge in [-0.1, -0.05) is 18.2 Å². The van der Waals surface area contributed by atoms with Gasteiger partial charge in [0.2, 0.25) is 0 Å². The maximum absolute atomic E-state index is 12.4. The van der Waals surface area contributed by atoms with Crippen LogP contribution in [-0.4, -0.2) is 45.9 Å².